The molecule has 0 N–H and O–H groups in total. The summed E-state index contributed by atoms with van der Waals surface area (Å²) >= 11 is 0. The molecule has 5 heteroatoms. The molecule has 1 aliphatic carbocycles. The van der Waals surface area contributed by atoms with E-state index < -0.39 is 11.4 Å². The van der Waals surface area contributed by atoms with Crippen molar-refractivity contribution in [2.24, 2.45) is 5.16 Å². The number of Topliss-reactive ketones (excluding diaryl/α,β-unsaturated/α-hetero) is 1. The SMILES string of the molecule is CO/N=C1/C=Cc2c(C)cc(=O)oc2C1=O. The zero-order valence-electron chi connectivity index (χ0n) is 8.81. The average Bonchev–Trinajstić information content (AvgIpc) is 2.23. The first-order chi connectivity index (χ1) is 7.63. The molecule has 2 rings (SSSR count). The summed E-state index contributed by atoms with van der Waals surface area (Å²) in [6.45, 7) is 1.74. The predicted molar refractivity (Wildman–Crippen MR) is 57.5 cm³/mol. The summed E-state index contributed by atoms with van der Waals surface area (Å²) in [5.41, 5.74) is 0.882. The van der Waals surface area contributed by atoms with Gasteiger partial charge in [-0.05, 0) is 24.6 Å². The third-order valence-corrected chi connectivity index (χ3v) is 2.24. The summed E-state index contributed by atoms with van der Waals surface area (Å²) < 4.78 is 4.88. The number of ketones is 1. The molecule has 0 atom stereocenters. The van der Waals surface area contributed by atoms with Crippen molar-refractivity contribution in [1.82, 2.24) is 0 Å². The molecule has 5 nitrogen and oxygen atoms in total. The van der Waals surface area contributed by atoms with E-state index in [0.717, 1.165) is 0 Å². The van der Waals surface area contributed by atoms with E-state index in [1.807, 2.05) is 0 Å². The van der Waals surface area contributed by atoms with E-state index in [9.17, 15) is 9.59 Å². The fraction of sp³-hybridized carbons (Fsp3) is 0.182. The second-order valence-electron chi connectivity index (χ2n) is 3.31. The average molecular weight is 219 g/mol. The molecule has 0 bridgehead atoms. The molecule has 16 heavy (non-hydrogen) atoms. The number of aryl methyl sites for hydroxylation is 1. The van der Waals surface area contributed by atoms with Gasteiger partial charge in [0.2, 0.25) is 0 Å². The molecule has 82 valence electrons. The van der Waals surface area contributed by atoms with Crippen molar-refractivity contribution in [1.29, 1.82) is 0 Å². The summed E-state index contributed by atoms with van der Waals surface area (Å²) in [6, 6.07) is 1.34. The molecular weight excluding hydrogens is 210 g/mol. The Balaban J connectivity index is 2.65. The van der Waals surface area contributed by atoms with Gasteiger partial charge in [-0.15, -0.1) is 0 Å². The molecule has 0 unspecified atom stereocenters. The van der Waals surface area contributed by atoms with Gasteiger partial charge in [-0.1, -0.05) is 5.16 Å². The van der Waals surface area contributed by atoms with Crippen LogP contribution in [0.5, 0.6) is 0 Å². The number of oxime groups is 1. The highest BCUT2D eigenvalue weighted by Crippen LogP contribution is 2.19. The maximum absolute atomic E-state index is 11.8. The Morgan fingerprint density at radius 1 is 1.31 bits per heavy atom. The zero-order chi connectivity index (χ0) is 11.7. The minimum Gasteiger partial charge on any atom is -0.418 e. The Kier molecular flexibility index (Phi) is 2.44. The smallest absolute Gasteiger partial charge is 0.336 e. The molecule has 0 saturated carbocycles. The lowest BCUT2D eigenvalue weighted by Crippen LogP contribution is -2.20. The number of carbonyl (C=O) groups is 1. The molecule has 0 amide bonds. The Morgan fingerprint density at radius 2 is 2.06 bits per heavy atom. The summed E-state index contributed by atoms with van der Waals surface area (Å²) in [5, 5.41) is 3.54. The summed E-state index contributed by atoms with van der Waals surface area (Å²) in [5.74, 6) is -0.427. The molecule has 0 spiro atoms. The van der Waals surface area contributed by atoms with Gasteiger partial charge in [-0.3, -0.25) is 4.79 Å². The first-order valence-electron chi connectivity index (χ1n) is 4.62. The van der Waals surface area contributed by atoms with Gasteiger partial charge < -0.3 is 9.25 Å². The highest BCUT2D eigenvalue weighted by molar-refractivity contribution is 6.51. The van der Waals surface area contributed by atoms with Crippen LogP contribution in [-0.2, 0) is 4.84 Å². The predicted octanol–water partition coefficient (Wildman–Crippen LogP) is 1.16. The Labute approximate surface area is 91.0 Å². The molecule has 1 aromatic heterocycles. The number of allylic oxidation sites excluding steroid dienone is 1. The second-order valence-corrected chi connectivity index (χ2v) is 3.31. The van der Waals surface area contributed by atoms with Crippen molar-refractivity contribution < 1.29 is 14.0 Å². The normalized spacial score (nSPS) is 16.4. The van der Waals surface area contributed by atoms with Gasteiger partial charge in [-0.2, -0.15) is 0 Å². The molecule has 0 aliphatic heterocycles. The minimum atomic E-state index is -0.545. The minimum absolute atomic E-state index is 0.0169. The topological polar surface area (TPSA) is 68.9 Å². The lowest BCUT2D eigenvalue weighted by atomic mass is 9.98. The van der Waals surface area contributed by atoms with E-state index in [1.54, 1.807) is 13.0 Å². The van der Waals surface area contributed by atoms with Crippen LogP contribution in [-0.4, -0.2) is 18.6 Å². The van der Waals surface area contributed by atoms with Crippen molar-refractivity contribution in [3.8, 4) is 0 Å². The Bertz CT molecular complexity index is 566. The molecule has 1 heterocycles. The Hall–Kier alpha value is -2.17. The van der Waals surface area contributed by atoms with E-state index in [0.29, 0.717) is 11.1 Å². The van der Waals surface area contributed by atoms with E-state index in [1.165, 1.54) is 19.3 Å². The molecule has 1 aromatic rings. The number of rotatable bonds is 1. The zero-order valence-corrected chi connectivity index (χ0v) is 8.81. The molecule has 0 radical (unpaired) electrons. The van der Waals surface area contributed by atoms with Crippen LogP contribution in [0.4, 0.5) is 0 Å². The Morgan fingerprint density at radius 3 is 2.75 bits per heavy atom. The highest BCUT2D eigenvalue weighted by Gasteiger charge is 2.24. The third kappa shape index (κ3) is 1.56. The first-order valence-corrected chi connectivity index (χ1v) is 4.62. The van der Waals surface area contributed by atoms with Crippen LogP contribution in [0.1, 0.15) is 21.7 Å². The molecule has 0 fully saturated rings. The highest BCUT2D eigenvalue weighted by atomic mass is 16.6. The fourth-order valence-electron chi connectivity index (χ4n) is 1.52. The molecule has 1 aliphatic rings. The van der Waals surface area contributed by atoms with Gasteiger partial charge in [0.25, 0.3) is 5.78 Å². The van der Waals surface area contributed by atoms with E-state index in [2.05, 4.69) is 9.99 Å². The van der Waals surface area contributed by atoms with Gasteiger partial charge in [0.1, 0.15) is 7.11 Å². The van der Waals surface area contributed by atoms with Crippen LogP contribution in [0.3, 0.4) is 0 Å². The van der Waals surface area contributed by atoms with Crippen LogP contribution in [0, 0.1) is 6.92 Å². The lowest BCUT2D eigenvalue weighted by molar-refractivity contribution is 0.102. The van der Waals surface area contributed by atoms with Crippen molar-refractivity contribution in [3.05, 3.63) is 39.4 Å². The van der Waals surface area contributed by atoms with Crippen molar-refractivity contribution in [3.63, 3.8) is 0 Å². The maximum Gasteiger partial charge on any atom is 0.336 e. The molecular formula is C11H9NO4. The van der Waals surface area contributed by atoms with Gasteiger partial charge in [0.05, 0.1) is 0 Å². The number of fused-ring (bicyclic) bond motifs is 1. The van der Waals surface area contributed by atoms with Gasteiger partial charge in [0.15, 0.2) is 11.5 Å². The number of carbonyl (C=O) groups excluding carboxylic acids is 1. The van der Waals surface area contributed by atoms with E-state index >= 15 is 0 Å². The van der Waals surface area contributed by atoms with Crippen LogP contribution in [0.2, 0.25) is 0 Å². The lowest BCUT2D eigenvalue weighted by Gasteiger charge is -2.10. The van der Waals surface area contributed by atoms with E-state index in [-0.39, 0.29) is 11.5 Å². The molecule has 0 saturated heterocycles. The third-order valence-electron chi connectivity index (χ3n) is 2.24. The standard InChI is InChI=1S/C11H9NO4/c1-6-5-9(13)16-11-7(6)3-4-8(10(11)14)12-15-2/h3-5H,1-2H3/b12-8-. The fourth-order valence-corrected chi connectivity index (χ4v) is 1.52. The monoisotopic (exact) mass is 219 g/mol. The largest absolute Gasteiger partial charge is 0.418 e. The van der Waals surface area contributed by atoms with Gasteiger partial charge in [-0.25, -0.2) is 4.79 Å². The first kappa shape index (κ1) is 10.4. The van der Waals surface area contributed by atoms with E-state index in [4.69, 9.17) is 4.42 Å². The maximum atomic E-state index is 11.8. The second kappa shape index (κ2) is 3.77. The van der Waals surface area contributed by atoms with Crippen molar-refractivity contribution in [2.75, 3.05) is 7.11 Å². The van der Waals surface area contributed by atoms with Crippen LogP contribution < -0.4 is 5.63 Å². The van der Waals surface area contributed by atoms with Crippen LogP contribution in [0.15, 0.2) is 26.5 Å². The van der Waals surface area contributed by atoms with Crippen molar-refractivity contribution in [2.45, 2.75) is 6.92 Å². The van der Waals surface area contributed by atoms with Gasteiger partial charge >= 0.3 is 5.63 Å². The van der Waals surface area contributed by atoms with Crippen molar-refractivity contribution >= 4 is 17.6 Å². The van der Waals surface area contributed by atoms with Crippen LogP contribution >= 0.6 is 0 Å². The molecule has 0 aromatic carbocycles. The summed E-state index contributed by atoms with van der Waals surface area (Å²) in [6.07, 6.45) is 3.20. The quantitative estimate of drug-likeness (QED) is 0.664. The van der Waals surface area contributed by atoms with Crippen LogP contribution in [0.25, 0.3) is 6.08 Å². The summed E-state index contributed by atoms with van der Waals surface area (Å²) in [7, 11) is 1.34. The van der Waals surface area contributed by atoms with Gasteiger partial charge in [0, 0.05) is 11.6 Å². The number of hydrogen-bond acceptors (Lipinski definition) is 5. The summed E-state index contributed by atoms with van der Waals surface area (Å²) in [4.78, 5) is 27.5. The number of nitrogens with zero attached hydrogens (tertiary/aromatic N) is 1. The number of hydrogen-bond donors (Lipinski definition) is 0.